The molecule has 1 aliphatic rings. The summed E-state index contributed by atoms with van der Waals surface area (Å²) in [5.74, 6) is -3.02. The highest BCUT2D eigenvalue weighted by Crippen LogP contribution is 2.52. The quantitative estimate of drug-likeness (QED) is 0.683. The summed E-state index contributed by atoms with van der Waals surface area (Å²) in [5, 5.41) is 10.9. The zero-order valence-electron chi connectivity index (χ0n) is 14.4. The summed E-state index contributed by atoms with van der Waals surface area (Å²) in [6.07, 6.45) is -5.76. The molecular formula is C18H15Cl2F3N2O3. The topological polar surface area (TPSA) is 84.6 Å². The predicted octanol–water partition coefficient (Wildman–Crippen LogP) is 3.93. The van der Waals surface area contributed by atoms with Crippen LogP contribution in [0.15, 0.2) is 36.4 Å². The molecule has 1 aliphatic heterocycles. The van der Waals surface area contributed by atoms with Crippen molar-refractivity contribution in [2.45, 2.75) is 30.8 Å². The molecule has 5 nitrogen and oxygen atoms in total. The Labute approximate surface area is 168 Å². The zero-order valence-corrected chi connectivity index (χ0v) is 15.9. The minimum Gasteiger partial charge on any atom is -0.366 e. The molecule has 0 aliphatic carbocycles. The number of aliphatic hydroxyl groups is 1. The zero-order chi connectivity index (χ0) is 20.9. The molecule has 0 bridgehead atoms. The number of rotatable bonds is 3. The van der Waals surface area contributed by atoms with E-state index in [0.29, 0.717) is 5.56 Å². The smallest absolute Gasteiger partial charge is 0.366 e. The van der Waals surface area contributed by atoms with E-state index < -0.39 is 29.8 Å². The molecule has 0 spiro atoms. The highest BCUT2D eigenvalue weighted by atomic mass is 35.5. The van der Waals surface area contributed by atoms with Crippen LogP contribution in [0.5, 0.6) is 0 Å². The van der Waals surface area contributed by atoms with Gasteiger partial charge in [-0.25, -0.2) is 0 Å². The Morgan fingerprint density at radius 3 is 2.29 bits per heavy atom. The number of carbonyl (C=O) groups is 1. The Hall–Kier alpha value is -1.84. The van der Waals surface area contributed by atoms with Gasteiger partial charge in [-0.05, 0) is 48.4 Å². The van der Waals surface area contributed by atoms with Crippen LogP contribution in [0.25, 0.3) is 0 Å². The van der Waals surface area contributed by atoms with E-state index in [4.69, 9.17) is 33.8 Å². The lowest BCUT2D eigenvalue weighted by molar-refractivity contribution is -0.227. The van der Waals surface area contributed by atoms with Crippen molar-refractivity contribution in [1.82, 2.24) is 5.48 Å². The first-order valence-corrected chi connectivity index (χ1v) is 8.75. The van der Waals surface area contributed by atoms with Gasteiger partial charge in [-0.3, -0.25) is 9.63 Å². The minimum atomic E-state index is -4.85. The molecule has 0 saturated carbocycles. The van der Waals surface area contributed by atoms with E-state index >= 15 is 0 Å². The number of aryl methyl sites for hydroxylation is 1. The van der Waals surface area contributed by atoms with Crippen molar-refractivity contribution < 1.29 is 27.9 Å². The van der Waals surface area contributed by atoms with Crippen LogP contribution in [0.4, 0.5) is 13.2 Å². The third kappa shape index (κ3) is 3.46. The Balaban J connectivity index is 2.08. The number of alkyl halides is 3. The van der Waals surface area contributed by atoms with Crippen molar-refractivity contribution in [1.29, 1.82) is 0 Å². The van der Waals surface area contributed by atoms with Crippen LogP contribution >= 0.6 is 23.2 Å². The average molecular weight is 435 g/mol. The lowest BCUT2D eigenvalue weighted by Crippen LogP contribution is -2.49. The van der Waals surface area contributed by atoms with E-state index in [1.54, 1.807) is 6.92 Å². The van der Waals surface area contributed by atoms with Crippen LogP contribution in [0.3, 0.4) is 0 Å². The predicted molar refractivity (Wildman–Crippen MR) is 96.6 cm³/mol. The average Bonchev–Trinajstić information content (AvgIpc) is 2.94. The maximum Gasteiger partial charge on any atom is 0.413 e. The molecule has 10 heteroatoms. The second kappa shape index (κ2) is 6.89. The number of benzene rings is 2. The maximum absolute atomic E-state index is 14.1. The number of amides is 1. The van der Waals surface area contributed by atoms with E-state index in [1.165, 1.54) is 24.3 Å². The Morgan fingerprint density at radius 2 is 1.79 bits per heavy atom. The molecule has 28 heavy (non-hydrogen) atoms. The molecule has 0 aromatic heterocycles. The number of hydrogen-bond acceptors (Lipinski definition) is 4. The molecule has 1 fully saturated rings. The summed E-state index contributed by atoms with van der Waals surface area (Å²) < 4.78 is 42.2. The van der Waals surface area contributed by atoms with Gasteiger partial charge in [0, 0.05) is 27.6 Å². The third-order valence-corrected chi connectivity index (χ3v) is 5.12. The van der Waals surface area contributed by atoms with Crippen LogP contribution in [-0.4, -0.2) is 17.2 Å². The number of hydrogen-bond donors (Lipinski definition) is 3. The first-order valence-electron chi connectivity index (χ1n) is 8.00. The molecule has 150 valence electrons. The van der Waals surface area contributed by atoms with Gasteiger partial charge in [-0.1, -0.05) is 29.3 Å². The largest absolute Gasteiger partial charge is 0.413 e. The van der Waals surface area contributed by atoms with Crippen molar-refractivity contribution in [3.63, 3.8) is 0 Å². The van der Waals surface area contributed by atoms with Crippen LogP contribution in [0.1, 0.15) is 33.5 Å². The second-order valence-electron chi connectivity index (χ2n) is 6.62. The molecule has 1 saturated heterocycles. The van der Waals surface area contributed by atoms with Gasteiger partial charge in [-0.15, -0.1) is 0 Å². The van der Waals surface area contributed by atoms with E-state index in [9.17, 15) is 23.1 Å². The normalized spacial score (nSPS) is 25.1. The van der Waals surface area contributed by atoms with Crippen LogP contribution in [-0.2, 0) is 16.2 Å². The van der Waals surface area contributed by atoms with Crippen molar-refractivity contribution in [3.05, 3.63) is 68.7 Å². The molecule has 2 unspecified atom stereocenters. The van der Waals surface area contributed by atoms with E-state index in [-0.39, 0.29) is 26.7 Å². The number of carbonyl (C=O) groups excluding carboxylic acids is 1. The van der Waals surface area contributed by atoms with Gasteiger partial charge in [0.1, 0.15) is 0 Å². The highest BCUT2D eigenvalue weighted by Gasteiger charge is 2.65. The highest BCUT2D eigenvalue weighted by molar-refractivity contribution is 6.34. The summed E-state index contributed by atoms with van der Waals surface area (Å²) in [6, 6.07) is 7.45. The maximum atomic E-state index is 14.1. The molecular weight excluding hydrogens is 420 g/mol. The Kier molecular flexibility index (Phi) is 5.14. The summed E-state index contributed by atoms with van der Waals surface area (Å²) in [6.45, 7) is 1.54. The third-order valence-electron chi connectivity index (χ3n) is 4.68. The Bertz CT molecular complexity index is 934. The van der Waals surface area contributed by atoms with Crippen LogP contribution in [0, 0.1) is 6.92 Å². The summed E-state index contributed by atoms with van der Waals surface area (Å²) in [4.78, 5) is 16.4. The molecule has 2 aromatic rings. The van der Waals surface area contributed by atoms with Crippen molar-refractivity contribution in [2.75, 3.05) is 0 Å². The van der Waals surface area contributed by atoms with Gasteiger partial charge in [0.15, 0.2) is 5.54 Å². The van der Waals surface area contributed by atoms with Gasteiger partial charge >= 0.3 is 6.18 Å². The molecule has 4 N–H and O–H groups in total. The van der Waals surface area contributed by atoms with Crippen LogP contribution in [0.2, 0.25) is 10.0 Å². The number of halogens is 5. The molecule has 1 amide bonds. The van der Waals surface area contributed by atoms with Gasteiger partial charge in [0.25, 0.3) is 0 Å². The number of hydroxylamine groups is 1. The van der Waals surface area contributed by atoms with E-state index in [1.807, 2.05) is 5.48 Å². The summed E-state index contributed by atoms with van der Waals surface area (Å²) in [5.41, 5.74) is 4.71. The van der Waals surface area contributed by atoms with Gasteiger partial charge in [0.2, 0.25) is 11.7 Å². The lowest BCUT2D eigenvalue weighted by atomic mass is 9.82. The molecule has 2 atom stereocenters. The fourth-order valence-electron chi connectivity index (χ4n) is 3.23. The lowest BCUT2D eigenvalue weighted by Gasteiger charge is -2.31. The molecule has 3 rings (SSSR count). The fraction of sp³-hybridized carbons (Fsp3) is 0.278. The second-order valence-corrected chi connectivity index (χ2v) is 7.49. The van der Waals surface area contributed by atoms with E-state index in [0.717, 1.165) is 12.1 Å². The van der Waals surface area contributed by atoms with Crippen LogP contribution < -0.4 is 11.2 Å². The SMILES string of the molecule is Cc1cc(C2(O)CC(c3cc(Cl)cc(Cl)c3)(C(F)(F)F)NO2)ccc1C(N)=O. The number of nitrogens with two attached hydrogens (primary N) is 1. The van der Waals surface area contributed by atoms with Crippen molar-refractivity contribution in [3.8, 4) is 0 Å². The first kappa shape index (κ1) is 20.9. The van der Waals surface area contributed by atoms with Crippen molar-refractivity contribution in [2.24, 2.45) is 5.73 Å². The molecule has 2 aromatic carbocycles. The molecule has 1 heterocycles. The number of primary amides is 1. The monoisotopic (exact) mass is 434 g/mol. The number of nitrogens with one attached hydrogen (secondary N) is 1. The van der Waals surface area contributed by atoms with Gasteiger partial charge in [-0.2, -0.15) is 18.7 Å². The van der Waals surface area contributed by atoms with E-state index in [2.05, 4.69) is 0 Å². The molecule has 0 radical (unpaired) electrons. The summed E-state index contributed by atoms with van der Waals surface area (Å²) >= 11 is 11.7. The minimum absolute atomic E-state index is 0.00465. The van der Waals surface area contributed by atoms with Gasteiger partial charge in [0.05, 0.1) is 0 Å². The standard InChI is InChI=1S/C18H15Cl2F3N2O3/c1-9-4-10(2-3-14(9)15(24)26)17(27)8-16(25-28-17,18(21,22)23)11-5-12(19)7-13(20)6-11/h2-7,25,27H,8H2,1H3,(H2,24,26). The Morgan fingerprint density at radius 1 is 1.18 bits per heavy atom. The first-order chi connectivity index (χ1) is 12.9. The fourth-order valence-corrected chi connectivity index (χ4v) is 3.76. The summed E-state index contributed by atoms with van der Waals surface area (Å²) in [7, 11) is 0. The van der Waals surface area contributed by atoms with Crippen molar-refractivity contribution >= 4 is 29.1 Å². The van der Waals surface area contributed by atoms with Gasteiger partial charge < -0.3 is 10.8 Å².